The standard InChI is InChI=1S/C15H23N3O2/c1-11-8-12(14(16)18-20)4-5-13(11)9-17-15(10-19)6-2-3-7-15/h4-5,8,17,19-20H,2-3,6-7,9-10H2,1H3,(H2,16,18). The van der Waals surface area contributed by atoms with Crippen molar-refractivity contribution in [2.45, 2.75) is 44.7 Å². The van der Waals surface area contributed by atoms with Gasteiger partial charge in [0.2, 0.25) is 0 Å². The smallest absolute Gasteiger partial charge is 0.170 e. The van der Waals surface area contributed by atoms with E-state index in [4.69, 9.17) is 10.9 Å². The minimum absolute atomic E-state index is 0.114. The number of oxime groups is 1. The lowest BCUT2D eigenvalue weighted by atomic mass is 9.97. The Morgan fingerprint density at radius 2 is 2.10 bits per heavy atom. The summed E-state index contributed by atoms with van der Waals surface area (Å²) >= 11 is 0. The van der Waals surface area contributed by atoms with Crippen LogP contribution in [0.1, 0.15) is 42.4 Å². The first-order valence-corrected chi connectivity index (χ1v) is 7.03. The van der Waals surface area contributed by atoms with Crippen molar-refractivity contribution in [2.24, 2.45) is 10.9 Å². The van der Waals surface area contributed by atoms with Crippen LogP contribution in [-0.4, -0.2) is 28.3 Å². The molecule has 0 radical (unpaired) electrons. The van der Waals surface area contributed by atoms with Gasteiger partial charge < -0.3 is 21.4 Å². The second-order valence-corrected chi connectivity index (χ2v) is 5.63. The minimum atomic E-state index is -0.114. The minimum Gasteiger partial charge on any atom is -0.409 e. The first-order valence-electron chi connectivity index (χ1n) is 7.03. The monoisotopic (exact) mass is 277 g/mol. The number of hydrogen-bond acceptors (Lipinski definition) is 4. The summed E-state index contributed by atoms with van der Waals surface area (Å²) in [7, 11) is 0. The molecule has 5 heteroatoms. The highest BCUT2D eigenvalue weighted by atomic mass is 16.4. The number of hydrogen-bond donors (Lipinski definition) is 4. The molecule has 1 aliphatic rings. The van der Waals surface area contributed by atoms with Crippen molar-refractivity contribution in [3.63, 3.8) is 0 Å². The van der Waals surface area contributed by atoms with E-state index in [1.807, 2.05) is 25.1 Å². The zero-order chi connectivity index (χ0) is 14.6. The van der Waals surface area contributed by atoms with Crippen molar-refractivity contribution in [1.82, 2.24) is 5.32 Å². The van der Waals surface area contributed by atoms with Crippen LogP contribution in [-0.2, 0) is 6.54 Å². The van der Waals surface area contributed by atoms with Gasteiger partial charge in [0, 0.05) is 17.6 Å². The van der Waals surface area contributed by atoms with Gasteiger partial charge in [-0.25, -0.2) is 0 Å². The lowest BCUT2D eigenvalue weighted by Crippen LogP contribution is -2.45. The third-order valence-electron chi connectivity index (χ3n) is 4.26. The zero-order valence-corrected chi connectivity index (χ0v) is 11.9. The number of rotatable bonds is 5. The van der Waals surface area contributed by atoms with E-state index in [2.05, 4.69) is 10.5 Å². The van der Waals surface area contributed by atoms with Crippen LogP contribution >= 0.6 is 0 Å². The molecule has 1 aliphatic carbocycles. The summed E-state index contributed by atoms with van der Waals surface area (Å²) in [4.78, 5) is 0. The molecule has 20 heavy (non-hydrogen) atoms. The Morgan fingerprint density at radius 3 is 2.65 bits per heavy atom. The SMILES string of the molecule is Cc1cc(/C(N)=N/O)ccc1CNC1(CO)CCCC1. The molecule has 0 atom stereocenters. The van der Waals surface area contributed by atoms with Gasteiger partial charge in [0.15, 0.2) is 5.84 Å². The lowest BCUT2D eigenvalue weighted by molar-refractivity contribution is 0.163. The van der Waals surface area contributed by atoms with E-state index in [1.54, 1.807) is 0 Å². The maximum Gasteiger partial charge on any atom is 0.170 e. The fourth-order valence-corrected chi connectivity index (χ4v) is 2.84. The summed E-state index contributed by atoms with van der Waals surface area (Å²) in [5, 5.41) is 24.8. The van der Waals surface area contributed by atoms with Crippen LogP contribution in [0.25, 0.3) is 0 Å². The summed E-state index contributed by atoms with van der Waals surface area (Å²) in [6.07, 6.45) is 4.42. The normalized spacial score (nSPS) is 18.4. The van der Waals surface area contributed by atoms with E-state index < -0.39 is 0 Å². The molecule has 0 unspecified atom stereocenters. The average Bonchev–Trinajstić information content (AvgIpc) is 2.94. The lowest BCUT2D eigenvalue weighted by Gasteiger charge is -2.28. The Labute approximate surface area is 119 Å². The number of aryl methyl sites for hydroxylation is 1. The number of nitrogens with two attached hydrogens (primary N) is 1. The van der Waals surface area contributed by atoms with Gasteiger partial charge in [-0.05, 0) is 37.0 Å². The van der Waals surface area contributed by atoms with Crippen LogP contribution in [0.2, 0.25) is 0 Å². The zero-order valence-electron chi connectivity index (χ0n) is 11.9. The molecular formula is C15H23N3O2. The van der Waals surface area contributed by atoms with E-state index in [1.165, 1.54) is 18.4 Å². The maximum atomic E-state index is 9.59. The van der Waals surface area contributed by atoms with Crippen molar-refractivity contribution < 1.29 is 10.3 Å². The van der Waals surface area contributed by atoms with Gasteiger partial charge in [-0.1, -0.05) is 30.1 Å². The number of benzene rings is 1. The van der Waals surface area contributed by atoms with E-state index in [0.717, 1.165) is 24.9 Å². The van der Waals surface area contributed by atoms with Crippen LogP contribution in [0, 0.1) is 6.92 Å². The van der Waals surface area contributed by atoms with Gasteiger partial charge in [0.1, 0.15) is 0 Å². The van der Waals surface area contributed by atoms with Crippen LogP contribution in [0.3, 0.4) is 0 Å². The summed E-state index contributed by atoms with van der Waals surface area (Å²) in [6, 6.07) is 5.74. The number of amidine groups is 1. The van der Waals surface area contributed by atoms with Crippen LogP contribution in [0.5, 0.6) is 0 Å². The van der Waals surface area contributed by atoms with Crippen molar-refractivity contribution in [3.05, 3.63) is 34.9 Å². The Morgan fingerprint density at radius 1 is 1.40 bits per heavy atom. The predicted octanol–water partition coefficient (Wildman–Crippen LogP) is 1.48. The summed E-state index contributed by atoms with van der Waals surface area (Å²) in [5.74, 6) is 0.121. The average molecular weight is 277 g/mol. The number of nitrogens with one attached hydrogen (secondary N) is 1. The number of nitrogens with zero attached hydrogens (tertiary/aromatic N) is 1. The summed E-state index contributed by atoms with van der Waals surface area (Å²) in [6.45, 7) is 2.92. The van der Waals surface area contributed by atoms with Crippen LogP contribution in [0.15, 0.2) is 23.4 Å². The van der Waals surface area contributed by atoms with Gasteiger partial charge in [-0.15, -0.1) is 0 Å². The molecule has 5 nitrogen and oxygen atoms in total. The Hall–Kier alpha value is -1.59. The second kappa shape index (κ2) is 6.24. The molecule has 0 amide bonds. The molecule has 0 spiro atoms. The van der Waals surface area contributed by atoms with Crippen molar-refractivity contribution in [1.29, 1.82) is 0 Å². The molecule has 1 aromatic rings. The first-order chi connectivity index (χ1) is 9.60. The fourth-order valence-electron chi connectivity index (χ4n) is 2.84. The van der Waals surface area contributed by atoms with Gasteiger partial charge in [-0.3, -0.25) is 0 Å². The molecule has 110 valence electrons. The molecule has 1 fully saturated rings. The highest BCUT2D eigenvalue weighted by Gasteiger charge is 2.32. The molecule has 0 heterocycles. The summed E-state index contributed by atoms with van der Waals surface area (Å²) in [5.41, 5.74) is 8.44. The highest BCUT2D eigenvalue weighted by molar-refractivity contribution is 5.97. The molecular weight excluding hydrogens is 254 g/mol. The second-order valence-electron chi connectivity index (χ2n) is 5.63. The molecule has 2 rings (SSSR count). The van der Waals surface area contributed by atoms with E-state index in [0.29, 0.717) is 5.56 Å². The molecule has 0 aliphatic heterocycles. The van der Waals surface area contributed by atoms with Crippen molar-refractivity contribution in [3.8, 4) is 0 Å². The fraction of sp³-hybridized carbons (Fsp3) is 0.533. The first kappa shape index (κ1) is 14.8. The topological polar surface area (TPSA) is 90.9 Å². The number of aliphatic hydroxyl groups excluding tert-OH is 1. The largest absolute Gasteiger partial charge is 0.409 e. The quantitative estimate of drug-likeness (QED) is 0.284. The predicted molar refractivity (Wildman–Crippen MR) is 78.8 cm³/mol. The van der Waals surface area contributed by atoms with Crippen LogP contribution in [0.4, 0.5) is 0 Å². The van der Waals surface area contributed by atoms with Gasteiger partial charge in [0.25, 0.3) is 0 Å². The Kier molecular flexibility index (Phi) is 4.62. The van der Waals surface area contributed by atoms with Crippen LogP contribution < -0.4 is 11.1 Å². The highest BCUT2D eigenvalue weighted by Crippen LogP contribution is 2.29. The Balaban J connectivity index is 2.06. The Bertz CT molecular complexity index is 494. The third-order valence-corrected chi connectivity index (χ3v) is 4.26. The summed E-state index contributed by atoms with van der Waals surface area (Å²) < 4.78 is 0. The van der Waals surface area contributed by atoms with E-state index in [-0.39, 0.29) is 18.0 Å². The third kappa shape index (κ3) is 3.11. The van der Waals surface area contributed by atoms with E-state index >= 15 is 0 Å². The molecule has 1 aromatic carbocycles. The van der Waals surface area contributed by atoms with Gasteiger partial charge in [-0.2, -0.15) is 0 Å². The molecule has 0 saturated heterocycles. The molecule has 1 saturated carbocycles. The van der Waals surface area contributed by atoms with Gasteiger partial charge >= 0.3 is 0 Å². The van der Waals surface area contributed by atoms with Crippen molar-refractivity contribution in [2.75, 3.05) is 6.61 Å². The molecule has 5 N–H and O–H groups in total. The number of aliphatic hydroxyl groups is 1. The van der Waals surface area contributed by atoms with E-state index in [9.17, 15) is 5.11 Å². The molecule has 0 bridgehead atoms. The van der Waals surface area contributed by atoms with Crippen molar-refractivity contribution >= 4 is 5.84 Å². The maximum absolute atomic E-state index is 9.59. The molecule has 0 aromatic heterocycles. The van der Waals surface area contributed by atoms with Gasteiger partial charge in [0.05, 0.1) is 6.61 Å².